The van der Waals surface area contributed by atoms with E-state index in [1.165, 1.54) is 24.3 Å². The quantitative estimate of drug-likeness (QED) is 0.213. The smallest absolute Gasteiger partial charge is 0.534 e. The van der Waals surface area contributed by atoms with Crippen molar-refractivity contribution in [1.82, 2.24) is 5.32 Å². The number of phenolic OH excluding ortho intramolecular Hbond substituents is 2. The van der Waals surface area contributed by atoms with Crippen molar-refractivity contribution in [2.75, 3.05) is 6.79 Å². The number of ether oxygens (including phenoxy) is 2. The Kier molecular flexibility index (Phi) is 7.36. The Hall–Kier alpha value is -3.73. The minimum absolute atomic E-state index is 0.0396. The van der Waals surface area contributed by atoms with E-state index in [0.29, 0.717) is 5.56 Å². The highest BCUT2D eigenvalue weighted by Crippen LogP contribution is 2.31. The van der Waals surface area contributed by atoms with Crippen LogP contribution in [0.2, 0.25) is 0 Å². The third-order valence-electron chi connectivity index (χ3n) is 5.09. The minimum Gasteiger partial charge on any atom is -0.534 e. The van der Waals surface area contributed by atoms with Gasteiger partial charge in [0.15, 0.2) is 0 Å². The first-order valence-electron chi connectivity index (χ1n) is 10.6. The number of amides is 1. The van der Waals surface area contributed by atoms with Crippen molar-refractivity contribution in [2.45, 2.75) is 39.6 Å². The molecule has 0 unspecified atom stereocenters. The topological polar surface area (TPSA) is 152 Å². The number of para-hydroxylation sites is 1. The summed E-state index contributed by atoms with van der Waals surface area (Å²) in [5.74, 6) is -2.78. The summed E-state index contributed by atoms with van der Waals surface area (Å²) < 4.78 is 15.5. The lowest BCUT2D eigenvalue weighted by atomic mass is 9.72. The van der Waals surface area contributed by atoms with Gasteiger partial charge in [0.2, 0.25) is 12.7 Å². The number of benzene rings is 2. The second kappa shape index (κ2) is 10.0. The van der Waals surface area contributed by atoms with Gasteiger partial charge in [-0.1, -0.05) is 12.1 Å². The highest BCUT2D eigenvalue weighted by Gasteiger charge is 2.38. The Bertz CT molecular complexity index is 1100. The van der Waals surface area contributed by atoms with Crippen LogP contribution in [-0.2, 0) is 31.9 Å². The zero-order chi connectivity index (χ0) is 25.0. The lowest BCUT2D eigenvalue weighted by molar-refractivity contribution is -0.161. The maximum Gasteiger partial charge on any atom is 0.547 e. The summed E-state index contributed by atoms with van der Waals surface area (Å²) in [6.07, 6.45) is -0.0651. The van der Waals surface area contributed by atoms with Crippen molar-refractivity contribution in [1.29, 1.82) is 0 Å². The molecular formula is C23H26BNO9. The summed E-state index contributed by atoms with van der Waals surface area (Å²) in [6, 6.07) is 8.57. The fourth-order valence-electron chi connectivity index (χ4n) is 3.28. The van der Waals surface area contributed by atoms with Gasteiger partial charge < -0.3 is 34.7 Å². The summed E-state index contributed by atoms with van der Waals surface area (Å²) in [4.78, 5) is 36.7. The van der Waals surface area contributed by atoms with Gasteiger partial charge in [-0.3, -0.25) is 9.59 Å². The first-order chi connectivity index (χ1) is 16.0. The molecule has 0 saturated carbocycles. The molecule has 10 nitrogen and oxygen atoms in total. The molecule has 0 aliphatic carbocycles. The Morgan fingerprint density at radius 1 is 1.15 bits per heavy atom. The molecule has 1 aliphatic heterocycles. The number of phenols is 2. The summed E-state index contributed by atoms with van der Waals surface area (Å²) in [6.45, 7) is 4.44. The molecule has 0 aromatic heterocycles. The van der Waals surface area contributed by atoms with E-state index in [4.69, 9.17) is 14.1 Å². The molecule has 0 saturated heterocycles. The van der Waals surface area contributed by atoms with Gasteiger partial charge in [-0.25, -0.2) is 4.79 Å². The summed E-state index contributed by atoms with van der Waals surface area (Å²) >= 11 is 0. The Labute approximate surface area is 196 Å². The second-order valence-corrected chi connectivity index (χ2v) is 8.90. The highest BCUT2D eigenvalue weighted by molar-refractivity contribution is 6.47. The number of hydrogen-bond acceptors (Lipinski definition) is 9. The number of carbonyl (C=O) groups excluding carboxylic acids is 3. The maximum absolute atomic E-state index is 12.5. The largest absolute Gasteiger partial charge is 0.547 e. The average Bonchev–Trinajstić information content (AvgIpc) is 2.75. The van der Waals surface area contributed by atoms with Crippen LogP contribution < -0.4 is 9.97 Å². The molecule has 2 aromatic carbocycles. The number of esters is 2. The van der Waals surface area contributed by atoms with Crippen LogP contribution >= 0.6 is 0 Å². The van der Waals surface area contributed by atoms with Crippen LogP contribution in [0, 0.1) is 5.41 Å². The number of hydrogen-bond donors (Lipinski definition) is 4. The molecule has 0 fully saturated rings. The van der Waals surface area contributed by atoms with Crippen LogP contribution in [0.1, 0.15) is 42.3 Å². The third-order valence-corrected chi connectivity index (χ3v) is 5.09. The standard InChI is InChI=1S/C23H26BNO9/c1-23(2,3)22(30)33-12-32-21(29)16-6-4-5-13-10-18(24(31)34-20(13)16)25-19(28)11-14-9-15(26)7-8-17(14)27/h4-9,18,26-27,31H,10-12H2,1-3H3,(H,25,28)/t18-/m0/s1. The van der Waals surface area contributed by atoms with Crippen molar-refractivity contribution in [3.05, 3.63) is 53.1 Å². The fraction of sp³-hybridized carbons (Fsp3) is 0.348. The lowest BCUT2D eigenvalue weighted by Crippen LogP contribution is -2.53. The molecule has 0 spiro atoms. The summed E-state index contributed by atoms with van der Waals surface area (Å²) in [5.41, 5.74) is 0.0704. The monoisotopic (exact) mass is 471 g/mol. The van der Waals surface area contributed by atoms with E-state index in [1.807, 2.05) is 0 Å². The van der Waals surface area contributed by atoms with Gasteiger partial charge in [-0.15, -0.1) is 0 Å². The fourth-order valence-corrected chi connectivity index (χ4v) is 3.28. The number of aromatic hydroxyl groups is 2. The van der Waals surface area contributed by atoms with Gasteiger partial charge in [0.1, 0.15) is 22.8 Å². The summed E-state index contributed by atoms with van der Waals surface area (Å²) in [7, 11) is -1.46. The molecule has 2 aromatic rings. The van der Waals surface area contributed by atoms with E-state index in [1.54, 1.807) is 32.9 Å². The van der Waals surface area contributed by atoms with E-state index in [9.17, 15) is 29.6 Å². The van der Waals surface area contributed by atoms with E-state index in [-0.39, 0.29) is 41.2 Å². The van der Waals surface area contributed by atoms with Crippen molar-refractivity contribution in [3.63, 3.8) is 0 Å². The molecule has 0 radical (unpaired) electrons. The molecule has 1 aliphatic rings. The molecule has 1 amide bonds. The van der Waals surface area contributed by atoms with Crippen LogP contribution in [0.5, 0.6) is 17.2 Å². The van der Waals surface area contributed by atoms with Crippen LogP contribution in [0.4, 0.5) is 0 Å². The maximum atomic E-state index is 12.5. The van der Waals surface area contributed by atoms with Gasteiger partial charge in [-0.05, 0) is 57.0 Å². The van der Waals surface area contributed by atoms with Gasteiger partial charge >= 0.3 is 19.1 Å². The number of rotatable bonds is 6. The zero-order valence-electron chi connectivity index (χ0n) is 19.0. The zero-order valence-corrected chi connectivity index (χ0v) is 19.0. The van der Waals surface area contributed by atoms with Crippen LogP contribution in [0.3, 0.4) is 0 Å². The van der Waals surface area contributed by atoms with Crippen molar-refractivity contribution >= 4 is 25.0 Å². The van der Waals surface area contributed by atoms with E-state index >= 15 is 0 Å². The lowest BCUT2D eigenvalue weighted by Gasteiger charge is -2.29. The van der Waals surface area contributed by atoms with Gasteiger partial charge in [0.25, 0.3) is 0 Å². The van der Waals surface area contributed by atoms with Gasteiger partial charge in [-0.2, -0.15) is 0 Å². The van der Waals surface area contributed by atoms with Crippen LogP contribution in [-0.4, -0.2) is 52.9 Å². The first-order valence-corrected chi connectivity index (χ1v) is 10.6. The van der Waals surface area contributed by atoms with E-state index in [2.05, 4.69) is 5.32 Å². The Morgan fingerprint density at radius 2 is 1.88 bits per heavy atom. The van der Waals surface area contributed by atoms with E-state index < -0.39 is 43.1 Å². The predicted molar refractivity (Wildman–Crippen MR) is 120 cm³/mol. The van der Waals surface area contributed by atoms with Crippen molar-refractivity contribution < 1.29 is 43.7 Å². The molecule has 11 heteroatoms. The van der Waals surface area contributed by atoms with Crippen LogP contribution in [0.25, 0.3) is 0 Å². The molecule has 0 bridgehead atoms. The van der Waals surface area contributed by atoms with E-state index in [0.717, 1.165) is 0 Å². The predicted octanol–water partition coefficient (Wildman–Crippen LogP) is 1.48. The number of fused-ring (bicyclic) bond motifs is 1. The molecule has 4 N–H and O–H groups in total. The molecule has 34 heavy (non-hydrogen) atoms. The van der Waals surface area contributed by atoms with Crippen molar-refractivity contribution in [3.8, 4) is 17.2 Å². The summed E-state index contributed by atoms with van der Waals surface area (Å²) in [5, 5.41) is 32.5. The SMILES string of the molecule is CC(C)(C)C(=O)OCOC(=O)c1cccc2c1OB(O)[C@@H](NC(=O)Cc1cc(O)ccc1O)C2. The number of carbonyl (C=O) groups is 3. The van der Waals surface area contributed by atoms with Gasteiger partial charge in [0.05, 0.1) is 17.8 Å². The third kappa shape index (κ3) is 5.99. The van der Waals surface area contributed by atoms with Gasteiger partial charge in [0, 0.05) is 5.56 Å². The Balaban J connectivity index is 1.64. The first kappa shape index (κ1) is 24.9. The number of nitrogens with one attached hydrogen (secondary N) is 1. The van der Waals surface area contributed by atoms with Crippen LogP contribution in [0.15, 0.2) is 36.4 Å². The molecule has 1 heterocycles. The van der Waals surface area contributed by atoms with Crippen molar-refractivity contribution in [2.24, 2.45) is 5.41 Å². The minimum atomic E-state index is -1.46. The highest BCUT2D eigenvalue weighted by atomic mass is 16.7. The molecule has 1 atom stereocenters. The normalized spacial score (nSPS) is 15.1. The Morgan fingerprint density at radius 3 is 2.59 bits per heavy atom. The molecule has 3 rings (SSSR count). The second-order valence-electron chi connectivity index (χ2n) is 8.90. The molecule has 180 valence electrons. The molecular weight excluding hydrogens is 445 g/mol. The average molecular weight is 471 g/mol.